The maximum absolute atomic E-state index is 13.6. The Hall–Kier alpha value is -2.79. The monoisotopic (exact) mass is 407 g/mol. The van der Waals surface area contributed by atoms with Crippen LogP contribution in [0.3, 0.4) is 0 Å². The van der Waals surface area contributed by atoms with Gasteiger partial charge in [0.1, 0.15) is 11.6 Å². The summed E-state index contributed by atoms with van der Waals surface area (Å²) in [5.74, 6) is -0.462. The Balaban J connectivity index is 1.98. The number of pyridine rings is 1. The first-order valence-corrected chi connectivity index (χ1v) is 10.3. The van der Waals surface area contributed by atoms with Crippen LogP contribution in [0.1, 0.15) is 36.6 Å². The van der Waals surface area contributed by atoms with Gasteiger partial charge in [0.05, 0.1) is 16.0 Å². The van der Waals surface area contributed by atoms with Gasteiger partial charge in [-0.05, 0) is 62.1 Å². The van der Waals surface area contributed by atoms with Crippen LogP contribution in [0.25, 0.3) is 16.7 Å². The second-order valence-electron chi connectivity index (χ2n) is 7.56. The van der Waals surface area contributed by atoms with E-state index in [2.05, 4.69) is 12.6 Å². The molecule has 2 heterocycles. The fraction of sp³-hybridized carbons (Fsp3) is 0.208. The van der Waals surface area contributed by atoms with Crippen molar-refractivity contribution in [2.75, 3.05) is 0 Å². The lowest BCUT2D eigenvalue weighted by Gasteiger charge is -2.17. The number of benzene rings is 2. The molecule has 3 nitrogen and oxygen atoms in total. The molecule has 0 spiro atoms. The molecule has 4 rings (SSSR count). The topological polar surface area (TPSA) is 42.2 Å². The fourth-order valence-corrected chi connectivity index (χ4v) is 5.00. The van der Waals surface area contributed by atoms with Crippen LogP contribution in [-0.2, 0) is 6.42 Å². The third kappa shape index (κ3) is 3.19. The normalized spacial score (nSPS) is 16.2. The zero-order chi connectivity index (χ0) is 20.9. The van der Waals surface area contributed by atoms with E-state index < -0.39 is 0 Å². The molecular formula is C24H22FNO2S. The van der Waals surface area contributed by atoms with Crippen LogP contribution in [0.5, 0.6) is 0 Å². The van der Waals surface area contributed by atoms with Gasteiger partial charge in [0.15, 0.2) is 0 Å². The first kappa shape index (κ1) is 19.5. The van der Waals surface area contributed by atoms with E-state index in [1.54, 1.807) is 23.6 Å². The largest absolute Gasteiger partial charge is 0.506 e. The molecule has 1 atom stereocenters. The number of aryl methyl sites for hydroxylation is 1. The summed E-state index contributed by atoms with van der Waals surface area (Å²) in [6, 6.07) is 12.2. The quantitative estimate of drug-likeness (QED) is 0.320. The average molecular weight is 408 g/mol. The molecule has 1 N–H and O–H groups in total. The van der Waals surface area contributed by atoms with E-state index in [0.29, 0.717) is 15.4 Å². The van der Waals surface area contributed by atoms with Crippen molar-refractivity contribution in [2.24, 2.45) is 0 Å². The van der Waals surface area contributed by atoms with E-state index in [1.807, 2.05) is 26.0 Å². The number of rotatable bonds is 4. The molecule has 3 aromatic rings. The summed E-state index contributed by atoms with van der Waals surface area (Å²) in [5, 5.41) is 12.2. The van der Waals surface area contributed by atoms with E-state index in [0.717, 1.165) is 28.5 Å². The van der Waals surface area contributed by atoms with Crippen LogP contribution in [0, 0.1) is 12.7 Å². The van der Waals surface area contributed by atoms with Crippen molar-refractivity contribution < 1.29 is 9.50 Å². The number of aliphatic hydroxyl groups is 1. The van der Waals surface area contributed by atoms with E-state index in [1.165, 1.54) is 23.9 Å². The van der Waals surface area contributed by atoms with Crippen LogP contribution in [0.4, 0.5) is 4.39 Å². The Bertz CT molecular complexity index is 1260. The first-order valence-electron chi connectivity index (χ1n) is 9.49. The second-order valence-corrected chi connectivity index (χ2v) is 8.64. The van der Waals surface area contributed by atoms with Crippen molar-refractivity contribution in [1.82, 2.24) is 4.57 Å². The third-order valence-corrected chi connectivity index (χ3v) is 6.62. The first-order chi connectivity index (χ1) is 13.8. The van der Waals surface area contributed by atoms with Gasteiger partial charge in [-0.2, -0.15) is 0 Å². The lowest BCUT2D eigenvalue weighted by molar-refractivity contribution is 0.505. The molecule has 0 saturated carbocycles. The van der Waals surface area contributed by atoms with Gasteiger partial charge in [-0.3, -0.25) is 4.79 Å². The van der Waals surface area contributed by atoms with Gasteiger partial charge in [-0.25, -0.2) is 4.39 Å². The number of thioether (sulfide) groups is 1. The second kappa shape index (κ2) is 7.23. The molecule has 1 aromatic heterocycles. The van der Waals surface area contributed by atoms with Gasteiger partial charge in [0.25, 0.3) is 5.56 Å². The van der Waals surface area contributed by atoms with Gasteiger partial charge in [0.2, 0.25) is 0 Å². The summed E-state index contributed by atoms with van der Waals surface area (Å²) in [6.07, 6.45) is 0.797. The summed E-state index contributed by atoms with van der Waals surface area (Å²) in [6.45, 7) is 9.62. The number of aliphatic hydroxyl groups excluding tert-OH is 1. The van der Waals surface area contributed by atoms with Crippen LogP contribution in [0.15, 0.2) is 69.2 Å². The molecule has 0 bridgehead atoms. The predicted octanol–water partition coefficient (Wildman–Crippen LogP) is 6.16. The molecule has 1 unspecified atom stereocenters. The highest BCUT2D eigenvalue weighted by molar-refractivity contribution is 8.03. The standard InChI is InChI=1S/C24H22FNO2S/c1-13(2)23(29-18-9-6-8-17(25)12-18)22(27)20-15(4)19-10-5-7-16-11-14(3)26(21(16)19)24(20)28/h5-10,12,14,27H,1,11H2,2-4H3/b23-22-. The maximum atomic E-state index is 13.6. The maximum Gasteiger partial charge on any atom is 0.262 e. The van der Waals surface area contributed by atoms with Crippen LogP contribution >= 0.6 is 11.8 Å². The molecule has 0 radical (unpaired) electrons. The molecule has 2 aromatic carbocycles. The third-order valence-electron chi connectivity index (χ3n) is 5.38. The Morgan fingerprint density at radius 1 is 1.28 bits per heavy atom. The van der Waals surface area contributed by atoms with Crippen molar-refractivity contribution in [3.05, 3.63) is 92.4 Å². The summed E-state index contributed by atoms with van der Waals surface area (Å²) in [4.78, 5) is 14.5. The summed E-state index contributed by atoms with van der Waals surface area (Å²) >= 11 is 1.21. The lowest BCUT2D eigenvalue weighted by atomic mass is 10.0. The Morgan fingerprint density at radius 3 is 2.69 bits per heavy atom. The van der Waals surface area contributed by atoms with Crippen LogP contribution in [0.2, 0.25) is 0 Å². The average Bonchev–Trinajstić information content (AvgIpc) is 3.01. The van der Waals surface area contributed by atoms with E-state index in [-0.39, 0.29) is 28.7 Å². The Kier molecular flexibility index (Phi) is 4.87. The van der Waals surface area contributed by atoms with Crippen molar-refractivity contribution in [1.29, 1.82) is 0 Å². The highest BCUT2D eigenvalue weighted by atomic mass is 32.2. The number of halogens is 1. The van der Waals surface area contributed by atoms with Crippen molar-refractivity contribution in [3.63, 3.8) is 0 Å². The summed E-state index contributed by atoms with van der Waals surface area (Å²) in [5.41, 5.74) is 3.54. The minimum Gasteiger partial charge on any atom is -0.506 e. The molecule has 0 aliphatic carbocycles. The number of hydrogen-bond acceptors (Lipinski definition) is 3. The molecule has 1 aliphatic heterocycles. The molecule has 29 heavy (non-hydrogen) atoms. The molecule has 1 aliphatic rings. The highest BCUT2D eigenvalue weighted by Crippen LogP contribution is 2.39. The van der Waals surface area contributed by atoms with E-state index in [4.69, 9.17) is 0 Å². The van der Waals surface area contributed by atoms with Gasteiger partial charge in [-0.1, -0.05) is 42.6 Å². The van der Waals surface area contributed by atoms with E-state index in [9.17, 15) is 14.3 Å². The molecule has 5 heteroatoms. The van der Waals surface area contributed by atoms with Gasteiger partial charge in [-0.15, -0.1) is 0 Å². The van der Waals surface area contributed by atoms with Gasteiger partial charge < -0.3 is 9.67 Å². The molecule has 0 fully saturated rings. The summed E-state index contributed by atoms with van der Waals surface area (Å²) in [7, 11) is 0. The van der Waals surface area contributed by atoms with Gasteiger partial charge >= 0.3 is 0 Å². The Morgan fingerprint density at radius 2 is 2.00 bits per heavy atom. The smallest absolute Gasteiger partial charge is 0.262 e. The Labute approximate surface area is 173 Å². The lowest BCUT2D eigenvalue weighted by Crippen LogP contribution is -2.25. The van der Waals surface area contributed by atoms with Crippen LogP contribution < -0.4 is 5.56 Å². The minimum atomic E-state index is -0.355. The molecule has 148 valence electrons. The highest BCUT2D eigenvalue weighted by Gasteiger charge is 2.27. The van der Waals surface area contributed by atoms with Crippen molar-refractivity contribution in [3.8, 4) is 0 Å². The van der Waals surface area contributed by atoms with Crippen molar-refractivity contribution in [2.45, 2.75) is 38.1 Å². The number of hydrogen-bond donors (Lipinski definition) is 1. The fourth-order valence-electron chi connectivity index (χ4n) is 4.07. The molecular weight excluding hydrogens is 385 g/mol. The number of aromatic nitrogens is 1. The number of para-hydroxylation sites is 1. The number of nitrogens with zero attached hydrogens (tertiary/aromatic N) is 1. The predicted molar refractivity (Wildman–Crippen MR) is 118 cm³/mol. The minimum absolute atomic E-state index is 0.0266. The SMILES string of the molecule is C=C(C)/C(Sc1cccc(F)c1)=C(/O)c1c(C)c2cccc3c2n(c1=O)C(C)C3. The van der Waals surface area contributed by atoms with Gasteiger partial charge in [0, 0.05) is 16.3 Å². The number of allylic oxidation sites excluding steroid dienone is 1. The van der Waals surface area contributed by atoms with Crippen molar-refractivity contribution >= 4 is 28.4 Å². The molecule has 0 amide bonds. The summed E-state index contributed by atoms with van der Waals surface area (Å²) < 4.78 is 15.4. The zero-order valence-electron chi connectivity index (χ0n) is 16.6. The molecule has 0 saturated heterocycles. The van der Waals surface area contributed by atoms with E-state index >= 15 is 0 Å². The zero-order valence-corrected chi connectivity index (χ0v) is 17.4. The van der Waals surface area contributed by atoms with Crippen LogP contribution in [-0.4, -0.2) is 9.67 Å².